The van der Waals surface area contributed by atoms with Crippen LogP contribution in [0.4, 0.5) is 0 Å². The number of aryl methyl sites for hydroxylation is 1. The zero-order valence-corrected chi connectivity index (χ0v) is 11.5. The molecule has 0 bridgehead atoms. The fourth-order valence-electron chi connectivity index (χ4n) is 1.42. The van der Waals surface area contributed by atoms with Gasteiger partial charge in [-0.15, -0.1) is 0 Å². The van der Waals surface area contributed by atoms with E-state index in [1.54, 1.807) is 13.3 Å². The van der Waals surface area contributed by atoms with Crippen LogP contribution in [0.1, 0.15) is 12.1 Å². The van der Waals surface area contributed by atoms with E-state index < -0.39 is 0 Å². The van der Waals surface area contributed by atoms with E-state index in [9.17, 15) is 0 Å². The second kappa shape index (κ2) is 7.24. The minimum atomic E-state index is 0.751. The van der Waals surface area contributed by atoms with Gasteiger partial charge in [0.1, 0.15) is 0 Å². The second-order valence-corrected chi connectivity index (χ2v) is 4.27. The SMILES string of the molecule is COCCCNC(=S)N(C)Cc1ccnn1C. The standard InChI is InChI=1S/C11H20N4OS/c1-14(9-10-5-7-13-15(10)2)11(17)12-6-4-8-16-3/h5,7H,4,6,8-9H2,1-3H3,(H,12,17). The van der Waals surface area contributed by atoms with E-state index in [1.807, 2.05) is 29.7 Å². The Morgan fingerprint density at radius 3 is 3.00 bits per heavy atom. The van der Waals surface area contributed by atoms with Crippen molar-refractivity contribution < 1.29 is 4.74 Å². The van der Waals surface area contributed by atoms with Crippen molar-refractivity contribution in [2.24, 2.45) is 7.05 Å². The molecule has 1 rings (SSSR count). The third-order valence-corrected chi connectivity index (χ3v) is 2.93. The van der Waals surface area contributed by atoms with Gasteiger partial charge in [0.05, 0.1) is 12.2 Å². The molecule has 0 saturated heterocycles. The Labute approximate surface area is 108 Å². The van der Waals surface area contributed by atoms with Crippen molar-refractivity contribution in [3.8, 4) is 0 Å². The first kappa shape index (κ1) is 13.9. The van der Waals surface area contributed by atoms with Crippen LogP contribution in [0.25, 0.3) is 0 Å². The topological polar surface area (TPSA) is 42.3 Å². The first-order valence-corrected chi connectivity index (χ1v) is 6.00. The van der Waals surface area contributed by atoms with Gasteiger partial charge < -0.3 is 15.0 Å². The van der Waals surface area contributed by atoms with E-state index in [0.29, 0.717) is 0 Å². The monoisotopic (exact) mass is 256 g/mol. The van der Waals surface area contributed by atoms with Crippen molar-refractivity contribution in [2.75, 3.05) is 27.3 Å². The van der Waals surface area contributed by atoms with Crippen molar-refractivity contribution in [3.63, 3.8) is 0 Å². The Bertz CT molecular complexity index is 353. The highest BCUT2D eigenvalue weighted by Crippen LogP contribution is 2.01. The van der Waals surface area contributed by atoms with Gasteiger partial charge in [0.15, 0.2) is 5.11 Å². The van der Waals surface area contributed by atoms with E-state index in [1.165, 1.54) is 0 Å². The zero-order valence-electron chi connectivity index (χ0n) is 10.6. The normalized spacial score (nSPS) is 10.3. The summed E-state index contributed by atoms with van der Waals surface area (Å²) in [5.74, 6) is 0. The molecular formula is C11H20N4OS. The lowest BCUT2D eigenvalue weighted by Crippen LogP contribution is -2.37. The fourth-order valence-corrected chi connectivity index (χ4v) is 1.58. The molecule has 0 spiro atoms. The molecule has 0 aromatic carbocycles. The first-order valence-electron chi connectivity index (χ1n) is 5.60. The number of nitrogens with zero attached hydrogens (tertiary/aromatic N) is 3. The lowest BCUT2D eigenvalue weighted by atomic mass is 10.4. The summed E-state index contributed by atoms with van der Waals surface area (Å²) in [5.41, 5.74) is 1.13. The smallest absolute Gasteiger partial charge is 0.169 e. The highest BCUT2D eigenvalue weighted by Gasteiger charge is 2.06. The van der Waals surface area contributed by atoms with E-state index in [2.05, 4.69) is 10.4 Å². The van der Waals surface area contributed by atoms with Crippen molar-refractivity contribution in [1.82, 2.24) is 20.0 Å². The fraction of sp³-hybridized carbons (Fsp3) is 0.636. The Morgan fingerprint density at radius 1 is 1.65 bits per heavy atom. The molecule has 1 aromatic rings. The van der Waals surface area contributed by atoms with Crippen LogP contribution in [0.5, 0.6) is 0 Å². The van der Waals surface area contributed by atoms with Crippen molar-refractivity contribution in [1.29, 1.82) is 0 Å². The maximum absolute atomic E-state index is 5.29. The highest BCUT2D eigenvalue weighted by atomic mass is 32.1. The molecule has 5 nitrogen and oxygen atoms in total. The highest BCUT2D eigenvalue weighted by molar-refractivity contribution is 7.80. The maximum Gasteiger partial charge on any atom is 0.169 e. The minimum absolute atomic E-state index is 0.751. The molecule has 17 heavy (non-hydrogen) atoms. The van der Waals surface area contributed by atoms with Crippen molar-refractivity contribution in [3.05, 3.63) is 18.0 Å². The molecule has 0 atom stereocenters. The number of thiocarbonyl (C=S) groups is 1. The van der Waals surface area contributed by atoms with Gasteiger partial charge in [-0.05, 0) is 24.7 Å². The van der Waals surface area contributed by atoms with Gasteiger partial charge in [-0.1, -0.05) is 0 Å². The lowest BCUT2D eigenvalue weighted by Gasteiger charge is -2.20. The third-order valence-electron chi connectivity index (χ3n) is 2.47. The Balaban J connectivity index is 2.30. The van der Waals surface area contributed by atoms with Crippen LogP contribution >= 0.6 is 12.2 Å². The average molecular weight is 256 g/mol. The van der Waals surface area contributed by atoms with Crippen molar-refractivity contribution in [2.45, 2.75) is 13.0 Å². The van der Waals surface area contributed by atoms with Crippen LogP contribution in [0.2, 0.25) is 0 Å². The molecule has 1 heterocycles. The molecule has 0 aliphatic rings. The lowest BCUT2D eigenvalue weighted by molar-refractivity contribution is 0.195. The molecule has 0 radical (unpaired) electrons. The zero-order chi connectivity index (χ0) is 12.7. The summed E-state index contributed by atoms with van der Waals surface area (Å²) in [5, 5.41) is 8.07. The van der Waals surface area contributed by atoms with Crippen LogP contribution in [0, 0.1) is 0 Å². The predicted octanol–water partition coefficient (Wildman–Crippen LogP) is 0.763. The first-order chi connectivity index (χ1) is 8.15. The largest absolute Gasteiger partial charge is 0.385 e. The molecule has 96 valence electrons. The van der Waals surface area contributed by atoms with E-state index in [-0.39, 0.29) is 0 Å². The molecule has 6 heteroatoms. The Hall–Kier alpha value is -1.14. The maximum atomic E-state index is 5.29. The van der Waals surface area contributed by atoms with Crippen LogP contribution in [-0.2, 0) is 18.3 Å². The van der Waals surface area contributed by atoms with Gasteiger partial charge in [0, 0.05) is 40.6 Å². The van der Waals surface area contributed by atoms with Gasteiger partial charge in [-0.2, -0.15) is 5.10 Å². The molecule has 1 N–H and O–H groups in total. The summed E-state index contributed by atoms with van der Waals surface area (Å²) >= 11 is 5.29. The number of ether oxygens (including phenoxy) is 1. The van der Waals surface area contributed by atoms with Crippen molar-refractivity contribution >= 4 is 17.3 Å². The van der Waals surface area contributed by atoms with Gasteiger partial charge in [0.2, 0.25) is 0 Å². The molecular weight excluding hydrogens is 236 g/mol. The minimum Gasteiger partial charge on any atom is -0.385 e. The molecule has 1 aromatic heterocycles. The quantitative estimate of drug-likeness (QED) is 0.601. The van der Waals surface area contributed by atoms with E-state index in [4.69, 9.17) is 17.0 Å². The molecule has 0 fully saturated rings. The average Bonchev–Trinajstić information content (AvgIpc) is 2.70. The van der Waals surface area contributed by atoms with E-state index >= 15 is 0 Å². The van der Waals surface area contributed by atoms with Gasteiger partial charge in [0.25, 0.3) is 0 Å². The summed E-state index contributed by atoms with van der Waals surface area (Å²) in [6.07, 6.45) is 2.74. The Kier molecular flexibility index (Phi) is 5.93. The number of hydrogen-bond donors (Lipinski definition) is 1. The van der Waals surface area contributed by atoms with Crippen LogP contribution in [-0.4, -0.2) is 47.1 Å². The molecule has 0 saturated carbocycles. The van der Waals surface area contributed by atoms with E-state index in [0.717, 1.165) is 36.9 Å². The van der Waals surface area contributed by atoms with Crippen LogP contribution in [0.15, 0.2) is 12.3 Å². The summed E-state index contributed by atoms with van der Waals surface area (Å²) in [6.45, 7) is 2.34. The number of hydrogen-bond acceptors (Lipinski definition) is 3. The molecule has 0 aliphatic carbocycles. The predicted molar refractivity (Wildman–Crippen MR) is 71.8 cm³/mol. The number of methoxy groups -OCH3 is 1. The summed E-state index contributed by atoms with van der Waals surface area (Å²) < 4.78 is 6.83. The van der Waals surface area contributed by atoms with Gasteiger partial charge >= 0.3 is 0 Å². The summed E-state index contributed by atoms with van der Waals surface area (Å²) in [4.78, 5) is 2.00. The molecule has 0 aliphatic heterocycles. The molecule has 0 unspecified atom stereocenters. The second-order valence-electron chi connectivity index (χ2n) is 3.88. The van der Waals surface area contributed by atoms with Crippen LogP contribution in [0.3, 0.4) is 0 Å². The van der Waals surface area contributed by atoms with Gasteiger partial charge in [-0.3, -0.25) is 4.68 Å². The number of rotatable bonds is 6. The van der Waals surface area contributed by atoms with Gasteiger partial charge in [-0.25, -0.2) is 0 Å². The summed E-state index contributed by atoms with van der Waals surface area (Å²) in [7, 11) is 5.60. The molecule has 0 amide bonds. The third kappa shape index (κ3) is 4.70. The number of nitrogens with one attached hydrogen (secondary N) is 1. The Morgan fingerprint density at radius 2 is 2.41 bits per heavy atom. The van der Waals surface area contributed by atoms with Crippen LogP contribution < -0.4 is 5.32 Å². The number of aromatic nitrogens is 2. The summed E-state index contributed by atoms with van der Waals surface area (Å²) in [6, 6.07) is 1.99.